The summed E-state index contributed by atoms with van der Waals surface area (Å²) in [5.41, 5.74) is 2.06. The van der Waals surface area contributed by atoms with Crippen LogP contribution in [0.2, 0.25) is 0 Å². The molecule has 0 spiro atoms. The van der Waals surface area contributed by atoms with Crippen molar-refractivity contribution in [2.75, 3.05) is 27.4 Å². The summed E-state index contributed by atoms with van der Waals surface area (Å²) in [5, 5.41) is 3.16. The van der Waals surface area contributed by atoms with E-state index in [1.165, 1.54) is 0 Å². The first-order valence-electron chi connectivity index (χ1n) is 6.36. The zero-order chi connectivity index (χ0) is 15.1. The van der Waals surface area contributed by atoms with Crippen molar-refractivity contribution in [2.45, 2.75) is 25.8 Å². The zero-order valence-corrected chi connectivity index (χ0v) is 13.5. The molecule has 0 aliphatic heterocycles. The first-order chi connectivity index (χ1) is 9.49. The molecule has 0 amide bonds. The van der Waals surface area contributed by atoms with Gasteiger partial charge in [0.25, 0.3) is 6.43 Å². The van der Waals surface area contributed by atoms with Crippen LogP contribution in [0, 0.1) is 6.92 Å². The van der Waals surface area contributed by atoms with Gasteiger partial charge < -0.3 is 14.8 Å². The molecule has 1 N–H and O–H groups in total. The third kappa shape index (κ3) is 5.00. The van der Waals surface area contributed by atoms with E-state index in [2.05, 4.69) is 21.2 Å². The van der Waals surface area contributed by atoms with Crippen LogP contribution in [0.1, 0.15) is 23.6 Å². The van der Waals surface area contributed by atoms with Crippen molar-refractivity contribution >= 4 is 15.9 Å². The Morgan fingerprint density at radius 1 is 1.35 bits per heavy atom. The number of halogens is 3. The van der Waals surface area contributed by atoms with Gasteiger partial charge in [0, 0.05) is 22.7 Å². The molecule has 1 aromatic carbocycles. The number of ether oxygens (including phenoxy) is 2. The predicted octanol–water partition coefficient (Wildman–Crippen LogP) is 3.70. The molecule has 0 aliphatic carbocycles. The molecule has 0 heterocycles. The predicted molar refractivity (Wildman–Crippen MR) is 78.7 cm³/mol. The maximum absolute atomic E-state index is 12.0. The Bertz CT molecular complexity index is 430. The first kappa shape index (κ1) is 17.3. The number of aryl methyl sites for hydroxylation is 1. The topological polar surface area (TPSA) is 30.5 Å². The molecule has 6 heteroatoms. The monoisotopic (exact) mass is 351 g/mol. The lowest BCUT2D eigenvalue weighted by Gasteiger charge is -2.20. The summed E-state index contributed by atoms with van der Waals surface area (Å²) in [5.74, 6) is 0.777. The van der Waals surface area contributed by atoms with E-state index in [0.29, 0.717) is 6.42 Å². The molecule has 20 heavy (non-hydrogen) atoms. The van der Waals surface area contributed by atoms with Gasteiger partial charge in [-0.25, -0.2) is 8.78 Å². The van der Waals surface area contributed by atoms with Gasteiger partial charge in [0.15, 0.2) is 0 Å². The number of methoxy groups -OCH3 is 1. The molecule has 1 unspecified atom stereocenters. The molecule has 1 aromatic rings. The molecule has 114 valence electrons. The Labute approximate surface area is 126 Å². The van der Waals surface area contributed by atoms with E-state index in [-0.39, 0.29) is 12.6 Å². The van der Waals surface area contributed by atoms with E-state index in [9.17, 15) is 8.78 Å². The normalized spacial score (nSPS) is 12.8. The molecule has 1 atom stereocenters. The lowest BCUT2D eigenvalue weighted by molar-refractivity contribution is 0.0145. The largest absolute Gasteiger partial charge is 0.496 e. The van der Waals surface area contributed by atoms with Crippen molar-refractivity contribution in [3.63, 3.8) is 0 Å². The van der Waals surface area contributed by atoms with E-state index in [1.54, 1.807) is 7.11 Å². The number of hydrogen-bond acceptors (Lipinski definition) is 3. The van der Waals surface area contributed by atoms with Crippen LogP contribution in [0.25, 0.3) is 0 Å². The summed E-state index contributed by atoms with van der Waals surface area (Å²) in [6.45, 7) is 1.73. The average Bonchev–Trinajstić information content (AvgIpc) is 2.41. The summed E-state index contributed by atoms with van der Waals surface area (Å²) in [6.07, 6.45) is -1.83. The van der Waals surface area contributed by atoms with Gasteiger partial charge in [-0.2, -0.15) is 0 Å². The van der Waals surface area contributed by atoms with Crippen molar-refractivity contribution in [1.29, 1.82) is 0 Å². The summed E-state index contributed by atoms with van der Waals surface area (Å²) in [4.78, 5) is 0. The second-order valence-electron chi connectivity index (χ2n) is 4.44. The Hall–Kier alpha value is -0.720. The van der Waals surface area contributed by atoms with Crippen LogP contribution in [-0.4, -0.2) is 33.8 Å². The van der Waals surface area contributed by atoms with Crippen LogP contribution >= 0.6 is 15.9 Å². The van der Waals surface area contributed by atoms with Crippen LogP contribution in [0.4, 0.5) is 8.78 Å². The van der Waals surface area contributed by atoms with Crippen molar-refractivity contribution in [3.8, 4) is 5.75 Å². The van der Waals surface area contributed by atoms with Crippen LogP contribution < -0.4 is 10.1 Å². The standard InChI is InChI=1S/C14H20BrF2NO2/c1-9-6-13(19-3)10(7-11(9)15)12(18-2)4-5-20-8-14(16)17/h6-7,12,14,18H,4-5,8H2,1-3H3. The van der Waals surface area contributed by atoms with Crippen LogP contribution in [-0.2, 0) is 4.74 Å². The zero-order valence-electron chi connectivity index (χ0n) is 11.9. The number of alkyl halides is 2. The SMILES string of the molecule is CNC(CCOCC(F)F)c1cc(Br)c(C)cc1OC. The number of hydrogen-bond donors (Lipinski definition) is 1. The lowest BCUT2D eigenvalue weighted by Crippen LogP contribution is -2.20. The lowest BCUT2D eigenvalue weighted by atomic mass is 10.0. The van der Waals surface area contributed by atoms with Gasteiger partial charge in [-0.3, -0.25) is 0 Å². The maximum atomic E-state index is 12.0. The second kappa shape index (κ2) is 8.54. The summed E-state index contributed by atoms with van der Waals surface area (Å²) in [7, 11) is 3.44. The van der Waals surface area contributed by atoms with Gasteiger partial charge in [-0.05, 0) is 38.1 Å². The van der Waals surface area contributed by atoms with Gasteiger partial charge in [0.2, 0.25) is 0 Å². The minimum absolute atomic E-state index is 0.0143. The number of benzene rings is 1. The Kier molecular flexibility index (Phi) is 7.40. The van der Waals surface area contributed by atoms with E-state index in [1.807, 2.05) is 26.1 Å². The first-order valence-corrected chi connectivity index (χ1v) is 7.16. The summed E-state index contributed by atoms with van der Waals surface area (Å²) in [6, 6.07) is 3.92. The van der Waals surface area contributed by atoms with Crippen molar-refractivity contribution < 1.29 is 18.3 Å². The molecule has 0 saturated carbocycles. The Morgan fingerprint density at radius 3 is 2.60 bits per heavy atom. The summed E-state index contributed by atoms with van der Waals surface area (Å²) < 4.78 is 35.3. The highest BCUT2D eigenvalue weighted by molar-refractivity contribution is 9.10. The fourth-order valence-corrected chi connectivity index (χ4v) is 2.31. The van der Waals surface area contributed by atoms with E-state index in [4.69, 9.17) is 9.47 Å². The molecule has 3 nitrogen and oxygen atoms in total. The molecular formula is C14H20BrF2NO2. The number of rotatable bonds is 8. The van der Waals surface area contributed by atoms with Gasteiger partial charge in [0.05, 0.1) is 7.11 Å². The highest BCUT2D eigenvalue weighted by Crippen LogP contribution is 2.32. The summed E-state index contributed by atoms with van der Waals surface area (Å²) >= 11 is 3.49. The molecular weight excluding hydrogens is 332 g/mol. The van der Waals surface area contributed by atoms with Crippen LogP contribution in [0.5, 0.6) is 5.75 Å². The number of nitrogens with one attached hydrogen (secondary N) is 1. The third-order valence-electron chi connectivity index (χ3n) is 3.03. The van der Waals surface area contributed by atoms with Gasteiger partial charge in [0.1, 0.15) is 12.4 Å². The van der Waals surface area contributed by atoms with Crippen LogP contribution in [0.3, 0.4) is 0 Å². The molecule has 0 radical (unpaired) electrons. The van der Waals surface area contributed by atoms with Crippen molar-refractivity contribution in [3.05, 3.63) is 27.7 Å². The fourth-order valence-electron chi connectivity index (χ4n) is 1.95. The van der Waals surface area contributed by atoms with Crippen molar-refractivity contribution in [2.24, 2.45) is 0 Å². The van der Waals surface area contributed by atoms with Crippen LogP contribution in [0.15, 0.2) is 16.6 Å². The Balaban J connectivity index is 2.76. The van der Waals surface area contributed by atoms with Gasteiger partial charge in [-0.15, -0.1) is 0 Å². The average molecular weight is 352 g/mol. The molecule has 0 fully saturated rings. The smallest absolute Gasteiger partial charge is 0.261 e. The third-order valence-corrected chi connectivity index (χ3v) is 3.88. The minimum Gasteiger partial charge on any atom is -0.496 e. The molecule has 1 rings (SSSR count). The van der Waals surface area contributed by atoms with E-state index < -0.39 is 13.0 Å². The fraction of sp³-hybridized carbons (Fsp3) is 0.571. The quantitative estimate of drug-likeness (QED) is 0.724. The Morgan fingerprint density at radius 2 is 2.05 bits per heavy atom. The van der Waals surface area contributed by atoms with Crippen molar-refractivity contribution in [1.82, 2.24) is 5.32 Å². The van der Waals surface area contributed by atoms with Gasteiger partial charge in [-0.1, -0.05) is 15.9 Å². The highest BCUT2D eigenvalue weighted by atomic mass is 79.9. The van der Waals surface area contributed by atoms with E-state index >= 15 is 0 Å². The highest BCUT2D eigenvalue weighted by Gasteiger charge is 2.16. The van der Waals surface area contributed by atoms with Gasteiger partial charge >= 0.3 is 0 Å². The minimum atomic E-state index is -2.42. The molecule has 0 aromatic heterocycles. The second-order valence-corrected chi connectivity index (χ2v) is 5.29. The molecule has 0 bridgehead atoms. The molecule has 0 saturated heterocycles. The molecule has 0 aliphatic rings. The maximum Gasteiger partial charge on any atom is 0.261 e. The van der Waals surface area contributed by atoms with E-state index in [0.717, 1.165) is 21.3 Å².